The Kier molecular flexibility index (Phi) is 9.80. The molecule has 5 rings (SSSR count). The Morgan fingerprint density at radius 2 is 1.90 bits per heavy atom. The summed E-state index contributed by atoms with van der Waals surface area (Å²) < 4.78 is 4.98. The fourth-order valence-corrected chi connectivity index (χ4v) is 10.5. The van der Waals surface area contributed by atoms with Crippen LogP contribution in [0.25, 0.3) is 10.8 Å². The maximum absolute atomic E-state index is 14.7. The molecule has 7 nitrogen and oxygen atoms in total. The van der Waals surface area contributed by atoms with Gasteiger partial charge in [0.1, 0.15) is 6.04 Å². The number of thioether (sulfide) groups is 1. The summed E-state index contributed by atoms with van der Waals surface area (Å²) in [6.07, 6.45) is 7.73. The summed E-state index contributed by atoms with van der Waals surface area (Å²) in [5.74, 6) is -1.93. The van der Waals surface area contributed by atoms with E-state index in [0.29, 0.717) is 32.4 Å². The average Bonchev–Trinajstić information content (AvgIpc) is 3.58. The van der Waals surface area contributed by atoms with Crippen LogP contribution >= 0.6 is 27.7 Å². The number of aliphatic hydroxyl groups is 1. The van der Waals surface area contributed by atoms with Crippen molar-refractivity contribution in [1.29, 1.82) is 0 Å². The average molecular weight is 656 g/mol. The zero-order valence-electron chi connectivity index (χ0n) is 23.8. The number of carbonyl (C=O) groups is 3. The Bertz CT molecular complexity index is 1350. The number of halogens is 1. The normalized spacial score (nSPS) is 27.7. The van der Waals surface area contributed by atoms with Gasteiger partial charge in [-0.3, -0.25) is 14.4 Å². The van der Waals surface area contributed by atoms with Crippen molar-refractivity contribution in [2.45, 2.75) is 59.4 Å². The van der Waals surface area contributed by atoms with Gasteiger partial charge in [-0.25, -0.2) is 0 Å². The van der Waals surface area contributed by atoms with E-state index < -0.39 is 22.6 Å². The summed E-state index contributed by atoms with van der Waals surface area (Å²) >= 11 is 5.43. The first kappa shape index (κ1) is 30.8. The van der Waals surface area contributed by atoms with Crippen LogP contribution in [0.4, 0.5) is 5.69 Å². The lowest BCUT2D eigenvalue weighted by atomic mass is 9.71. The predicted octanol–water partition coefficient (Wildman–Crippen LogP) is 5.50. The number of alkyl halides is 1. The standard InChI is InChI=1S/C33H39BrN2O5S/c1-3-5-6-11-19-41-32(40)26-27-30(38)36(17-9-10-18-37)29(33(27)21-25(34)28(26)42-33)31(39)35(16-4-2)24-15-14-22-12-7-8-13-23(22)20-24/h3-4,7-8,12-15,20,25-29,37H,1-2,5-6,9-11,16-19,21H2/t25?,26-,27-,28-,29?,33?/m0/s1. The van der Waals surface area contributed by atoms with Gasteiger partial charge in [0.15, 0.2) is 0 Å². The zero-order valence-corrected chi connectivity index (χ0v) is 26.2. The van der Waals surface area contributed by atoms with E-state index in [4.69, 9.17) is 4.74 Å². The van der Waals surface area contributed by atoms with Crippen molar-refractivity contribution < 1.29 is 24.2 Å². The van der Waals surface area contributed by atoms with Gasteiger partial charge in [0.25, 0.3) is 5.91 Å². The van der Waals surface area contributed by atoms with E-state index in [0.717, 1.165) is 35.7 Å². The first-order valence-electron chi connectivity index (χ1n) is 14.8. The molecule has 1 N–H and O–H groups in total. The lowest BCUT2D eigenvalue weighted by Crippen LogP contribution is -2.55. The number of anilines is 1. The summed E-state index contributed by atoms with van der Waals surface area (Å²) in [7, 11) is 0. The van der Waals surface area contributed by atoms with E-state index in [2.05, 4.69) is 29.1 Å². The van der Waals surface area contributed by atoms with Crippen LogP contribution in [0.5, 0.6) is 0 Å². The molecule has 1 spiro atoms. The van der Waals surface area contributed by atoms with Gasteiger partial charge in [-0.1, -0.05) is 58.4 Å². The highest BCUT2D eigenvalue weighted by molar-refractivity contribution is 9.09. The molecule has 3 heterocycles. The maximum atomic E-state index is 14.7. The molecular weight excluding hydrogens is 616 g/mol. The molecule has 9 heteroatoms. The number of carbonyl (C=O) groups excluding carboxylic acids is 3. The molecule has 0 aromatic heterocycles. The predicted molar refractivity (Wildman–Crippen MR) is 172 cm³/mol. The number of rotatable bonds is 14. The number of benzene rings is 2. The lowest BCUT2D eigenvalue weighted by molar-refractivity contribution is -0.154. The second-order valence-electron chi connectivity index (χ2n) is 11.3. The number of hydrogen-bond acceptors (Lipinski definition) is 6. The topological polar surface area (TPSA) is 87.1 Å². The van der Waals surface area contributed by atoms with E-state index in [1.165, 1.54) is 0 Å². The van der Waals surface area contributed by atoms with Crippen molar-refractivity contribution in [3.05, 3.63) is 67.8 Å². The molecule has 2 aromatic rings. The van der Waals surface area contributed by atoms with Crippen LogP contribution < -0.4 is 4.90 Å². The van der Waals surface area contributed by atoms with Crippen molar-refractivity contribution in [3.63, 3.8) is 0 Å². The molecule has 6 atom stereocenters. The maximum Gasteiger partial charge on any atom is 0.310 e. The first-order chi connectivity index (χ1) is 20.4. The van der Waals surface area contributed by atoms with E-state index in [-0.39, 0.29) is 41.0 Å². The third kappa shape index (κ3) is 5.55. The minimum absolute atomic E-state index is 0.00992. The Balaban J connectivity index is 1.49. The van der Waals surface area contributed by atoms with Gasteiger partial charge >= 0.3 is 5.97 Å². The van der Waals surface area contributed by atoms with Crippen LogP contribution in [-0.4, -0.2) is 75.0 Å². The van der Waals surface area contributed by atoms with E-state index >= 15 is 0 Å². The molecule has 0 saturated carbocycles. The molecule has 2 aromatic carbocycles. The SMILES string of the molecule is C=CCCCCOC(=O)[C@H]1[C@H]2C(=O)N(CCCCO)C(C(=O)N(CC=C)c3ccc4ccccc4c3)C23CC(Br)[C@@H]1S3. The largest absolute Gasteiger partial charge is 0.465 e. The van der Waals surface area contributed by atoms with Gasteiger partial charge in [-0.15, -0.1) is 24.9 Å². The van der Waals surface area contributed by atoms with Crippen LogP contribution in [0.2, 0.25) is 0 Å². The number of allylic oxidation sites excluding steroid dienone is 1. The highest BCUT2D eigenvalue weighted by Crippen LogP contribution is 2.68. The van der Waals surface area contributed by atoms with Gasteiger partial charge in [-0.2, -0.15) is 0 Å². The summed E-state index contributed by atoms with van der Waals surface area (Å²) in [4.78, 5) is 45.9. The number of esters is 1. The van der Waals surface area contributed by atoms with Crippen molar-refractivity contribution in [1.82, 2.24) is 4.90 Å². The number of likely N-dealkylation sites (tertiary alicyclic amines) is 1. The van der Waals surface area contributed by atoms with Crippen LogP contribution in [0.15, 0.2) is 67.8 Å². The fourth-order valence-electron chi connectivity index (χ4n) is 6.92. The highest BCUT2D eigenvalue weighted by atomic mass is 79.9. The first-order valence-corrected chi connectivity index (χ1v) is 16.6. The van der Waals surface area contributed by atoms with E-state index in [1.807, 2.05) is 48.5 Å². The molecule has 2 bridgehead atoms. The second-order valence-corrected chi connectivity index (χ2v) is 14.1. The quantitative estimate of drug-likeness (QED) is 0.125. The number of nitrogens with zero attached hydrogens (tertiary/aromatic N) is 2. The van der Waals surface area contributed by atoms with Gasteiger partial charge < -0.3 is 19.6 Å². The number of fused-ring (bicyclic) bond motifs is 2. The summed E-state index contributed by atoms with van der Waals surface area (Å²) in [5, 5.41) is 11.4. The molecule has 0 radical (unpaired) electrons. The van der Waals surface area contributed by atoms with Crippen molar-refractivity contribution in [2.24, 2.45) is 11.8 Å². The highest BCUT2D eigenvalue weighted by Gasteiger charge is 2.76. The number of unbranched alkanes of at least 4 members (excludes halogenated alkanes) is 3. The molecule has 3 aliphatic rings. The minimum atomic E-state index is -0.755. The number of amides is 2. The Morgan fingerprint density at radius 3 is 2.64 bits per heavy atom. The molecule has 2 amide bonds. The smallest absolute Gasteiger partial charge is 0.310 e. The van der Waals surface area contributed by atoms with E-state index in [9.17, 15) is 19.5 Å². The van der Waals surface area contributed by atoms with Crippen LogP contribution in [0, 0.1) is 11.8 Å². The van der Waals surface area contributed by atoms with E-state index in [1.54, 1.807) is 27.6 Å². The molecule has 3 aliphatic heterocycles. The van der Waals surface area contributed by atoms with Gasteiger partial charge in [0.05, 0.1) is 23.2 Å². The Labute approximate surface area is 260 Å². The number of aliphatic hydroxyl groups excluding tert-OH is 1. The molecule has 0 aliphatic carbocycles. The molecular formula is C33H39BrN2O5S. The molecule has 3 unspecified atom stereocenters. The third-order valence-corrected chi connectivity index (χ3v) is 12.0. The van der Waals surface area contributed by atoms with Crippen LogP contribution in [-0.2, 0) is 19.1 Å². The van der Waals surface area contributed by atoms with Gasteiger partial charge in [-0.05, 0) is 61.4 Å². The summed E-state index contributed by atoms with van der Waals surface area (Å²) in [5.41, 5.74) is 0.740. The third-order valence-electron chi connectivity index (χ3n) is 8.77. The Hall–Kier alpha value is -2.62. The monoisotopic (exact) mass is 654 g/mol. The van der Waals surface area contributed by atoms with Gasteiger partial charge in [0, 0.05) is 35.5 Å². The van der Waals surface area contributed by atoms with Crippen LogP contribution in [0.3, 0.4) is 0 Å². The minimum Gasteiger partial charge on any atom is -0.465 e. The van der Waals surface area contributed by atoms with Crippen LogP contribution in [0.1, 0.15) is 38.5 Å². The lowest BCUT2D eigenvalue weighted by Gasteiger charge is -2.38. The molecule has 224 valence electrons. The fraction of sp³-hybridized carbons (Fsp3) is 0.485. The molecule has 42 heavy (non-hydrogen) atoms. The molecule has 3 fully saturated rings. The zero-order chi connectivity index (χ0) is 29.9. The molecule has 3 saturated heterocycles. The van der Waals surface area contributed by atoms with Crippen molar-refractivity contribution in [3.8, 4) is 0 Å². The van der Waals surface area contributed by atoms with Gasteiger partial charge in [0.2, 0.25) is 5.91 Å². The van der Waals surface area contributed by atoms with Crippen molar-refractivity contribution >= 4 is 61.9 Å². The Morgan fingerprint density at radius 1 is 1.12 bits per heavy atom. The van der Waals surface area contributed by atoms with Crippen molar-refractivity contribution in [2.75, 3.05) is 31.2 Å². The number of hydrogen-bond donors (Lipinski definition) is 1. The summed E-state index contributed by atoms with van der Waals surface area (Å²) in [6, 6.07) is 13.2. The number of ether oxygens (including phenoxy) is 1. The summed E-state index contributed by atoms with van der Waals surface area (Å²) in [6.45, 7) is 8.60. The second kappa shape index (κ2) is 13.3.